The van der Waals surface area contributed by atoms with Crippen LogP contribution in [0, 0.1) is 0 Å². The third kappa shape index (κ3) is 7.55. The second-order valence-corrected chi connectivity index (χ2v) is 8.02. The largest absolute Gasteiger partial charge is 0.497 e. The number of carbonyl (C=O) groups excluding carboxylic acids is 2. The van der Waals surface area contributed by atoms with Crippen molar-refractivity contribution in [3.63, 3.8) is 0 Å². The van der Waals surface area contributed by atoms with E-state index in [4.69, 9.17) is 4.74 Å². The van der Waals surface area contributed by atoms with Crippen LogP contribution in [0.15, 0.2) is 59.5 Å². The summed E-state index contributed by atoms with van der Waals surface area (Å²) in [5.41, 5.74) is 5.18. The molecule has 8 nitrogen and oxygen atoms in total. The van der Waals surface area contributed by atoms with Crippen molar-refractivity contribution in [3.8, 4) is 5.75 Å². The maximum Gasteiger partial charge on any atom is 0.269 e. The van der Waals surface area contributed by atoms with E-state index in [2.05, 4.69) is 15.6 Å². The van der Waals surface area contributed by atoms with Crippen LogP contribution in [-0.2, 0) is 14.8 Å². The van der Waals surface area contributed by atoms with Gasteiger partial charge in [-0.05, 0) is 49.2 Å². The lowest BCUT2D eigenvalue weighted by molar-refractivity contribution is -0.122. The monoisotopic (exact) mass is 419 g/mol. The van der Waals surface area contributed by atoms with Gasteiger partial charge in [-0.15, -0.1) is 0 Å². The van der Waals surface area contributed by atoms with Crippen molar-refractivity contribution < 1.29 is 22.7 Å². The lowest BCUT2D eigenvalue weighted by Gasteiger charge is -2.08. The summed E-state index contributed by atoms with van der Waals surface area (Å²) in [6.07, 6.45) is 2.09. The molecular formula is C20H25N3O5S. The minimum atomic E-state index is -3.57. The van der Waals surface area contributed by atoms with Crippen LogP contribution in [-0.4, -0.2) is 33.9 Å². The SMILES string of the molecule is COc1ccc(S(=O)(=O)NCCCCCC(=O)NNC(=O)c2ccccc2)cc1. The Morgan fingerprint density at radius 2 is 1.59 bits per heavy atom. The molecular weight excluding hydrogens is 394 g/mol. The summed E-state index contributed by atoms with van der Waals surface area (Å²) in [4.78, 5) is 23.7. The fourth-order valence-corrected chi connectivity index (χ4v) is 3.56. The molecule has 156 valence electrons. The second kappa shape index (κ2) is 11.2. The van der Waals surface area contributed by atoms with Crippen molar-refractivity contribution in [2.45, 2.75) is 30.6 Å². The molecule has 0 aliphatic heterocycles. The molecule has 0 unspecified atom stereocenters. The summed E-state index contributed by atoms with van der Waals surface area (Å²) in [5.74, 6) is -0.0952. The quantitative estimate of drug-likeness (QED) is 0.403. The first-order valence-corrected chi connectivity index (χ1v) is 10.7. The van der Waals surface area contributed by atoms with Gasteiger partial charge in [-0.25, -0.2) is 13.1 Å². The highest BCUT2D eigenvalue weighted by Crippen LogP contribution is 2.15. The van der Waals surface area contributed by atoms with E-state index < -0.39 is 10.0 Å². The van der Waals surface area contributed by atoms with Gasteiger partial charge in [0, 0.05) is 18.5 Å². The summed E-state index contributed by atoms with van der Waals surface area (Å²) < 4.78 is 31.9. The van der Waals surface area contributed by atoms with Gasteiger partial charge in [0.25, 0.3) is 5.91 Å². The summed E-state index contributed by atoms with van der Waals surface area (Å²) in [5, 5.41) is 0. The van der Waals surface area contributed by atoms with E-state index in [0.29, 0.717) is 30.6 Å². The molecule has 2 amide bonds. The highest BCUT2D eigenvalue weighted by atomic mass is 32.2. The molecule has 0 aliphatic carbocycles. The Morgan fingerprint density at radius 1 is 0.897 bits per heavy atom. The zero-order chi connectivity index (χ0) is 21.1. The van der Waals surface area contributed by atoms with Crippen molar-refractivity contribution in [2.24, 2.45) is 0 Å². The average Bonchev–Trinajstić information content (AvgIpc) is 2.75. The van der Waals surface area contributed by atoms with Gasteiger partial charge in [0.1, 0.15) is 5.75 Å². The Balaban J connectivity index is 1.60. The first-order chi connectivity index (χ1) is 13.9. The fourth-order valence-electron chi connectivity index (χ4n) is 2.48. The molecule has 2 aromatic carbocycles. The summed E-state index contributed by atoms with van der Waals surface area (Å²) in [7, 11) is -2.05. The number of ether oxygens (including phenoxy) is 1. The number of rotatable bonds is 10. The molecule has 0 spiro atoms. The van der Waals surface area contributed by atoms with Crippen LogP contribution in [0.25, 0.3) is 0 Å². The predicted molar refractivity (Wildman–Crippen MR) is 109 cm³/mol. The number of hydrazine groups is 1. The maximum absolute atomic E-state index is 12.2. The Bertz CT molecular complexity index is 899. The molecule has 9 heteroatoms. The van der Waals surface area contributed by atoms with Crippen LogP contribution in [0.4, 0.5) is 0 Å². The van der Waals surface area contributed by atoms with Crippen molar-refractivity contribution in [1.82, 2.24) is 15.6 Å². The van der Waals surface area contributed by atoms with Crippen LogP contribution in [0.1, 0.15) is 36.0 Å². The van der Waals surface area contributed by atoms with Gasteiger partial charge in [0.15, 0.2) is 0 Å². The van der Waals surface area contributed by atoms with Gasteiger partial charge in [-0.1, -0.05) is 24.6 Å². The molecule has 3 N–H and O–H groups in total. The van der Waals surface area contributed by atoms with Crippen LogP contribution >= 0.6 is 0 Å². The molecule has 0 saturated heterocycles. The van der Waals surface area contributed by atoms with E-state index in [9.17, 15) is 18.0 Å². The van der Waals surface area contributed by atoms with E-state index in [-0.39, 0.29) is 29.7 Å². The van der Waals surface area contributed by atoms with Gasteiger partial charge in [-0.2, -0.15) is 0 Å². The van der Waals surface area contributed by atoms with Crippen molar-refractivity contribution >= 4 is 21.8 Å². The number of methoxy groups -OCH3 is 1. The van der Waals surface area contributed by atoms with E-state index in [0.717, 1.165) is 0 Å². The van der Waals surface area contributed by atoms with Gasteiger partial charge in [0.2, 0.25) is 15.9 Å². The van der Waals surface area contributed by atoms with Gasteiger partial charge < -0.3 is 4.74 Å². The molecule has 0 radical (unpaired) electrons. The predicted octanol–water partition coefficient (Wildman–Crippen LogP) is 2.00. The van der Waals surface area contributed by atoms with E-state index in [1.54, 1.807) is 42.5 Å². The highest BCUT2D eigenvalue weighted by molar-refractivity contribution is 7.89. The van der Waals surface area contributed by atoms with Crippen LogP contribution < -0.4 is 20.3 Å². The van der Waals surface area contributed by atoms with Crippen LogP contribution in [0.3, 0.4) is 0 Å². The normalized spacial score (nSPS) is 10.9. The van der Waals surface area contributed by atoms with Crippen LogP contribution in [0.5, 0.6) is 5.75 Å². The Kier molecular flexibility index (Phi) is 8.63. The first kappa shape index (κ1) is 22.4. The Hall–Kier alpha value is -2.91. The smallest absolute Gasteiger partial charge is 0.269 e. The van der Waals surface area contributed by atoms with Crippen molar-refractivity contribution in [1.29, 1.82) is 0 Å². The minimum absolute atomic E-state index is 0.173. The number of benzene rings is 2. The molecule has 0 bridgehead atoms. The number of unbranched alkanes of at least 4 members (excludes halogenated alkanes) is 2. The zero-order valence-electron chi connectivity index (χ0n) is 16.2. The molecule has 0 atom stereocenters. The molecule has 2 rings (SSSR count). The third-order valence-electron chi connectivity index (χ3n) is 4.09. The summed E-state index contributed by atoms with van der Waals surface area (Å²) in [6.45, 7) is 0.278. The van der Waals surface area contributed by atoms with E-state index in [1.807, 2.05) is 0 Å². The summed E-state index contributed by atoms with van der Waals surface area (Å²) >= 11 is 0. The average molecular weight is 420 g/mol. The fraction of sp³-hybridized carbons (Fsp3) is 0.300. The standard InChI is InChI=1S/C20H25N3O5S/c1-28-17-11-13-18(14-12-17)29(26,27)21-15-7-3-6-10-19(24)22-23-20(25)16-8-4-2-5-9-16/h2,4-5,8-9,11-14,21H,3,6-7,10,15H2,1H3,(H,22,24)(H,23,25). The highest BCUT2D eigenvalue weighted by Gasteiger charge is 2.13. The second-order valence-electron chi connectivity index (χ2n) is 6.25. The number of nitrogens with one attached hydrogen (secondary N) is 3. The molecule has 0 fully saturated rings. The molecule has 0 aromatic heterocycles. The molecule has 0 saturated carbocycles. The number of amides is 2. The molecule has 0 heterocycles. The molecule has 0 aliphatic rings. The number of hydrogen-bond donors (Lipinski definition) is 3. The Labute approximate surface area is 170 Å². The molecule has 29 heavy (non-hydrogen) atoms. The lowest BCUT2D eigenvalue weighted by atomic mass is 10.2. The lowest BCUT2D eigenvalue weighted by Crippen LogP contribution is -2.41. The molecule has 2 aromatic rings. The van der Waals surface area contributed by atoms with E-state index >= 15 is 0 Å². The van der Waals surface area contributed by atoms with Gasteiger partial charge in [0.05, 0.1) is 12.0 Å². The first-order valence-electron chi connectivity index (χ1n) is 9.20. The summed E-state index contributed by atoms with van der Waals surface area (Å²) in [6, 6.07) is 14.7. The van der Waals surface area contributed by atoms with Crippen molar-refractivity contribution in [3.05, 3.63) is 60.2 Å². The minimum Gasteiger partial charge on any atom is -0.497 e. The number of sulfonamides is 1. The third-order valence-corrected chi connectivity index (χ3v) is 5.57. The van der Waals surface area contributed by atoms with Crippen molar-refractivity contribution in [2.75, 3.05) is 13.7 Å². The zero-order valence-corrected chi connectivity index (χ0v) is 17.0. The number of hydrogen-bond acceptors (Lipinski definition) is 5. The topological polar surface area (TPSA) is 114 Å². The Morgan fingerprint density at radius 3 is 2.24 bits per heavy atom. The van der Waals surface area contributed by atoms with Gasteiger partial charge in [-0.3, -0.25) is 20.4 Å². The number of carbonyl (C=O) groups is 2. The van der Waals surface area contributed by atoms with E-state index in [1.165, 1.54) is 19.2 Å². The maximum atomic E-state index is 12.2. The van der Waals surface area contributed by atoms with Crippen LogP contribution in [0.2, 0.25) is 0 Å². The van der Waals surface area contributed by atoms with Gasteiger partial charge >= 0.3 is 0 Å².